The Bertz CT molecular complexity index is 273. The molecule has 0 aromatic heterocycles. The number of aliphatic hydroxyl groups excluding tert-OH is 1. The Hall–Kier alpha value is -0.610. The third-order valence-electron chi connectivity index (χ3n) is 4.09. The molecule has 0 aromatic rings. The number of carbonyl (C=O) groups is 1. The van der Waals surface area contributed by atoms with E-state index < -0.39 is 6.10 Å². The van der Waals surface area contributed by atoms with Gasteiger partial charge in [0.15, 0.2) is 0 Å². The highest BCUT2D eigenvalue weighted by Gasteiger charge is 2.22. The van der Waals surface area contributed by atoms with Crippen molar-refractivity contribution in [2.24, 2.45) is 11.8 Å². The van der Waals surface area contributed by atoms with Crippen LogP contribution in [0.4, 0.5) is 0 Å². The lowest BCUT2D eigenvalue weighted by molar-refractivity contribution is -0.122. The highest BCUT2D eigenvalue weighted by Crippen LogP contribution is 2.28. The summed E-state index contributed by atoms with van der Waals surface area (Å²) in [4.78, 5) is 11.7. The summed E-state index contributed by atoms with van der Waals surface area (Å²) in [5, 5.41) is 12.5. The molecule has 0 aliphatic heterocycles. The summed E-state index contributed by atoms with van der Waals surface area (Å²) in [7, 11) is 0. The Morgan fingerprint density at radius 1 is 1.16 bits per heavy atom. The summed E-state index contributed by atoms with van der Waals surface area (Å²) < 4.78 is 5.40. The Balaban J connectivity index is 1.49. The second kappa shape index (κ2) is 7.85. The van der Waals surface area contributed by atoms with E-state index in [0.717, 1.165) is 6.61 Å². The van der Waals surface area contributed by atoms with Gasteiger partial charge in [-0.25, -0.2) is 0 Å². The van der Waals surface area contributed by atoms with Crippen LogP contribution in [-0.2, 0) is 9.53 Å². The van der Waals surface area contributed by atoms with Crippen LogP contribution in [0.1, 0.15) is 51.4 Å². The van der Waals surface area contributed by atoms with E-state index >= 15 is 0 Å². The molecule has 2 saturated carbocycles. The zero-order valence-electron chi connectivity index (χ0n) is 11.8. The molecule has 1 unspecified atom stereocenters. The van der Waals surface area contributed by atoms with Crippen LogP contribution in [0.2, 0.25) is 0 Å². The average molecular weight is 269 g/mol. The standard InChI is InChI=1S/C15H27NO3/c17-14(11-19-10-13-6-7-13)9-16-15(18)8-12-4-2-1-3-5-12/h12-14,17H,1-11H2,(H,16,18). The van der Waals surface area contributed by atoms with E-state index in [0.29, 0.717) is 31.4 Å². The van der Waals surface area contributed by atoms with E-state index in [-0.39, 0.29) is 5.91 Å². The number of carbonyl (C=O) groups excluding carboxylic acids is 1. The molecular formula is C15H27NO3. The highest BCUT2D eigenvalue weighted by molar-refractivity contribution is 5.76. The molecule has 2 rings (SSSR count). The molecular weight excluding hydrogens is 242 g/mol. The van der Waals surface area contributed by atoms with E-state index in [2.05, 4.69) is 5.32 Å². The molecule has 0 radical (unpaired) electrons. The van der Waals surface area contributed by atoms with Crippen molar-refractivity contribution in [1.82, 2.24) is 5.32 Å². The summed E-state index contributed by atoms with van der Waals surface area (Å²) in [6.45, 7) is 1.41. The average Bonchev–Trinajstić information content (AvgIpc) is 3.22. The van der Waals surface area contributed by atoms with Crippen molar-refractivity contribution in [3.63, 3.8) is 0 Å². The van der Waals surface area contributed by atoms with Gasteiger partial charge in [-0.2, -0.15) is 0 Å². The number of aliphatic hydroxyl groups is 1. The maximum absolute atomic E-state index is 11.7. The number of nitrogens with one attached hydrogen (secondary N) is 1. The molecule has 2 fully saturated rings. The van der Waals surface area contributed by atoms with Crippen molar-refractivity contribution < 1.29 is 14.6 Å². The Morgan fingerprint density at radius 3 is 2.58 bits per heavy atom. The zero-order valence-corrected chi connectivity index (χ0v) is 11.8. The molecule has 110 valence electrons. The third kappa shape index (κ3) is 6.39. The van der Waals surface area contributed by atoms with Crippen molar-refractivity contribution >= 4 is 5.91 Å². The van der Waals surface area contributed by atoms with Gasteiger partial charge >= 0.3 is 0 Å². The molecule has 2 aliphatic rings. The fraction of sp³-hybridized carbons (Fsp3) is 0.933. The molecule has 2 N–H and O–H groups in total. The van der Waals surface area contributed by atoms with Gasteiger partial charge in [-0.15, -0.1) is 0 Å². The quantitative estimate of drug-likeness (QED) is 0.707. The minimum absolute atomic E-state index is 0.0770. The second-order valence-electron chi connectivity index (χ2n) is 6.15. The van der Waals surface area contributed by atoms with Crippen molar-refractivity contribution in [3.05, 3.63) is 0 Å². The fourth-order valence-electron chi connectivity index (χ4n) is 2.67. The molecule has 2 aliphatic carbocycles. The number of hydrogen-bond donors (Lipinski definition) is 2. The van der Waals surface area contributed by atoms with E-state index in [9.17, 15) is 9.90 Å². The third-order valence-corrected chi connectivity index (χ3v) is 4.09. The largest absolute Gasteiger partial charge is 0.389 e. The topological polar surface area (TPSA) is 58.6 Å². The van der Waals surface area contributed by atoms with Gasteiger partial charge in [-0.1, -0.05) is 19.3 Å². The molecule has 19 heavy (non-hydrogen) atoms. The van der Waals surface area contributed by atoms with Crippen LogP contribution >= 0.6 is 0 Å². The smallest absolute Gasteiger partial charge is 0.220 e. The van der Waals surface area contributed by atoms with Gasteiger partial charge < -0.3 is 15.2 Å². The van der Waals surface area contributed by atoms with Crippen LogP contribution in [0.5, 0.6) is 0 Å². The van der Waals surface area contributed by atoms with E-state index in [1.165, 1.54) is 44.9 Å². The van der Waals surface area contributed by atoms with Gasteiger partial charge in [-0.05, 0) is 37.5 Å². The Kier molecular flexibility index (Phi) is 6.11. The highest BCUT2D eigenvalue weighted by atomic mass is 16.5. The van der Waals surface area contributed by atoms with E-state index in [1.807, 2.05) is 0 Å². The number of amides is 1. The van der Waals surface area contributed by atoms with Gasteiger partial charge in [0, 0.05) is 19.6 Å². The molecule has 1 atom stereocenters. The molecule has 0 spiro atoms. The van der Waals surface area contributed by atoms with E-state index in [4.69, 9.17) is 4.74 Å². The number of ether oxygens (including phenoxy) is 1. The van der Waals surface area contributed by atoms with Crippen LogP contribution in [0, 0.1) is 11.8 Å². The normalized spacial score (nSPS) is 22.2. The van der Waals surface area contributed by atoms with Crippen molar-refractivity contribution in [2.45, 2.75) is 57.5 Å². The van der Waals surface area contributed by atoms with Gasteiger partial charge in [0.2, 0.25) is 5.91 Å². The number of hydrogen-bond acceptors (Lipinski definition) is 3. The first-order chi connectivity index (χ1) is 9.24. The first kappa shape index (κ1) is 14.8. The SMILES string of the molecule is O=C(CC1CCCCC1)NCC(O)COCC1CC1. The molecule has 0 heterocycles. The fourth-order valence-corrected chi connectivity index (χ4v) is 2.67. The van der Waals surface area contributed by atoms with Crippen LogP contribution in [-0.4, -0.2) is 36.9 Å². The summed E-state index contributed by atoms with van der Waals surface area (Å²) >= 11 is 0. The summed E-state index contributed by atoms with van der Waals surface area (Å²) in [6.07, 6.45) is 8.76. The molecule has 0 bridgehead atoms. The molecule has 0 saturated heterocycles. The first-order valence-corrected chi connectivity index (χ1v) is 7.76. The second-order valence-corrected chi connectivity index (χ2v) is 6.15. The van der Waals surface area contributed by atoms with Crippen LogP contribution in [0.15, 0.2) is 0 Å². The van der Waals surface area contributed by atoms with Gasteiger partial charge in [0.25, 0.3) is 0 Å². The Labute approximate surface area is 115 Å². The monoisotopic (exact) mass is 269 g/mol. The summed E-state index contributed by atoms with van der Waals surface area (Å²) in [5.41, 5.74) is 0. The lowest BCUT2D eigenvalue weighted by Gasteiger charge is -2.21. The van der Waals surface area contributed by atoms with Crippen molar-refractivity contribution in [1.29, 1.82) is 0 Å². The summed E-state index contributed by atoms with van der Waals surface area (Å²) in [6, 6.07) is 0. The summed E-state index contributed by atoms with van der Waals surface area (Å²) in [5.74, 6) is 1.35. The first-order valence-electron chi connectivity index (χ1n) is 7.76. The maximum Gasteiger partial charge on any atom is 0.220 e. The van der Waals surface area contributed by atoms with Gasteiger partial charge in [0.1, 0.15) is 0 Å². The van der Waals surface area contributed by atoms with Crippen molar-refractivity contribution in [2.75, 3.05) is 19.8 Å². The van der Waals surface area contributed by atoms with Crippen molar-refractivity contribution in [3.8, 4) is 0 Å². The molecule has 4 heteroatoms. The van der Waals surface area contributed by atoms with Gasteiger partial charge in [-0.3, -0.25) is 4.79 Å². The zero-order chi connectivity index (χ0) is 13.5. The maximum atomic E-state index is 11.7. The van der Waals surface area contributed by atoms with Gasteiger partial charge in [0.05, 0.1) is 12.7 Å². The lowest BCUT2D eigenvalue weighted by atomic mass is 9.87. The molecule has 4 nitrogen and oxygen atoms in total. The minimum Gasteiger partial charge on any atom is -0.389 e. The minimum atomic E-state index is -0.575. The number of rotatable bonds is 8. The molecule has 0 aromatic carbocycles. The van der Waals surface area contributed by atoms with Crippen LogP contribution in [0.25, 0.3) is 0 Å². The van der Waals surface area contributed by atoms with Crippen LogP contribution in [0.3, 0.4) is 0 Å². The Morgan fingerprint density at radius 2 is 1.89 bits per heavy atom. The lowest BCUT2D eigenvalue weighted by Crippen LogP contribution is -2.35. The molecule has 1 amide bonds. The van der Waals surface area contributed by atoms with E-state index in [1.54, 1.807) is 0 Å². The predicted molar refractivity (Wildman–Crippen MR) is 73.8 cm³/mol. The predicted octanol–water partition coefficient (Wildman–Crippen LogP) is 1.86. The van der Waals surface area contributed by atoms with Crippen LogP contribution < -0.4 is 5.32 Å².